The monoisotopic (exact) mass is 428 g/mol. The first-order valence-electron chi connectivity index (χ1n) is 4.43. The van der Waals surface area contributed by atoms with Crippen LogP contribution in [0, 0.1) is 0 Å². The number of aliphatic hydroxyl groups excluding tert-OH is 1. The number of hydrogen-bond acceptors (Lipinski definition) is 3. The SMILES string of the molecule is OC(Cc1ccc(Br)s1)c1cc(Br)c(Br)o1. The van der Waals surface area contributed by atoms with Crippen molar-refractivity contribution in [3.8, 4) is 0 Å². The molecule has 0 aliphatic heterocycles. The second kappa shape index (κ2) is 5.35. The van der Waals surface area contributed by atoms with Crippen LogP contribution in [0.5, 0.6) is 0 Å². The molecule has 2 aromatic heterocycles. The summed E-state index contributed by atoms with van der Waals surface area (Å²) in [5, 5.41) is 9.98. The normalized spacial score (nSPS) is 13.0. The van der Waals surface area contributed by atoms with Gasteiger partial charge in [-0.3, -0.25) is 0 Å². The van der Waals surface area contributed by atoms with E-state index in [9.17, 15) is 5.11 Å². The van der Waals surface area contributed by atoms with E-state index in [1.807, 2.05) is 12.1 Å². The van der Waals surface area contributed by atoms with Crippen LogP contribution in [-0.4, -0.2) is 5.11 Å². The van der Waals surface area contributed by atoms with Gasteiger partial charge in [-0.15, -0.1) is 11.3 Å². The summed E-state index contributed by atoms with van der Waals surface area (Å²) in [6.45, 7) is 0. The third kappa shape index (κ3) is 2.98. The molecular formula is C10H7Br3O2S. The molecule has 2 heterocycles. The van der Waals surface area contributed by atoms with Gasteiger partial charge in [-0.25, -0.2) is 0 Å². The van der Waals surface area contributed by atoms with E-state index in [-0.39, 0.29) is 0 Å². The lowest BCUT2D eigenvalue weighted by molar-refractivity contribution is 0.149. The Morgan fingerprint density at radius 1 is 1.31 bits per heavy atom. The molecule has 0 bridgehead atoms. The molecule has 16 heavy (non-hydrogen) atoms. The largest absolute Gasteiger partial charge is 0.450 e. The predicted octanol–water partition coefficient (Wildman–Crippen LogP) is 4.90. The summed E-state index contributed by atoms with van der Waals surface area (Å²) in [4.78, 5) is 1.11. The van der Waals surface area contributed by atoms with Crippen LogP contribution >= 0.6 is 59.1 Å². The maximum atomic E-state index is 9.98. The van der Waals surface area contributed by atoms with Crippen LogP contribution in [-0.2, 0) is 6.42 Å². The van der Waals surface area contributed by atoms with Crippen LogP contribution in [0.25, 0.3) is 0 Å². The topological polar surface area (TPSA) is 33.4 Å². The highest BCUT2D eigenvalue weighted by atomic mass is 79.9. The number of hydrogen-bond donors (Lipinski definition) is 1. The van der Waals surface area contributed by atoms with Gasteiger partial charge in [0, 0.05) is 11.3 Å². The van der Waals surface area contributed by atoms with Crippen molar-refractivity contribution < 1.29 is 9.52 Å². The van der Waals surface area contributed by atoms with Gasteiger partial charge < -0.3 is 9.52 Å². The molecular weight excluding hydrogens is 424 g/mol. The second-order valence-corrected chi connectivity index (χ2v) is 7.32. The van der Waals surface area contributed by atoms with Crippen LogP contribution in [0.2, 0.25) is 0 Å². The minimum absolute atomic E-state index is 0.558. The van der Waals surface area contributed by atoms with E-state index in [0.29, 0.717) is 16.9 Å². The van der Waals surface area contributed by atoms with Gasteiger partial charge in [0.15, 0.2) is 4.67 Å². The van der Waals surface area contributed by atoms with Gasteiger partial charge in [0.2, 0.25) is 0 Å². The number of thiophene rings is 1. The van der Waals surface area contributed by atoms with Gasteiger partial charge in [-0.2, -0.15) is 0 Å². The van der Waals surface area contributed by atoms with Crippen molar-refractivity contribution in [1.82, 2.24) is 0 Å². The molecule has 0 aliphatic carbocycles. The average molecular weight is 431 g/mol. The summed E-state index contributed by atoms with van der Waals surface area (Å²) in [5.41, 5.74) is 0. The lowest BCUT2D eigenvalue weighted by Gasteiger charge is -2.04. The van der Waals surface area contributed by atoms with Crippen molar-refractivity contribution in [3.63, 3.8) is 0 Å². The standard InChI is InChI=1S/C10H7Br3O2S/c11-6-4-8(15-10(6)13)7(14)3-5-1-2-9(12)16-5/h1-2,4,7,14H,3H2. The summed E-state index contributed by atoms with van der Waals surface area (Å²) < 4.78 is 7.85. The van der Waals surface area contributed by atoms with E-state index in [1.165, 1.54) is 0 Å². The molecule has 2 rings (SSSR count). The Morgan fingerprint density at radius 3 is 2.56 bits per heavy atom. The highest BCUT2D eigenvalue weighted by Crippen LogP contribution is 2.32. The van der Waals surface area contributed by atoms with Crippen LogP contribution in [0.4, 0.5) is 0 Å². The number of furan rings is 1. The first-order valence-corrected chi connectivity index (χ1v) is 7.63. The molecule has 1 unspecified atom stereocenters. The van der Waals surface area contributed by atoms with Crippen molar-refractivity contribution in [3.05, 3.63) is 41.8 Å². The zero-order valence-electron chi connectivity index (χ0n) is 7.91. The fraction of sp³-hybridized carbons (Fsp3) is 0.200. The van der Waals surface area contributed by atoms with Gasteiger partial charge >= 0.3 is 0 Å². The Bertz CT molecular complexity index is 472. The van der Waals surface area contributed by atoms with Crippen LogP contribution in [0.3, 0.4) is 0 Å². The molecule has 86 valence electrons. The minimum atomic E-state index is -0.617. The lowest BCUT2D eigenvalue weighted by Crippen LogP contribution is -1.98. The van der Waals surface area contributed by atoms with E-state index >= 15 is 0 Å². The van der Waals surface area contributed by atoms with E-state index in [1.54, 1.807) is 17.4 Å². The molecule has 0 radical (unpaired) electrons. The van der Waals surface area contributed by atoms with Gasteiger partial charge in [-0.05, 0) is 66.0 Å². The Hall–Kier alpha value is 0.380. The highest BCUT2D eigenvalue weighted by molar-refractivity contribution is 9.13. The quantitative estimate of drug-likeness (QED) is 0.751. The summed E-state index contributed by atoms with van der Waals surface area (Å²) in [6, 6.07) is 5.74. The van der Waals surface area contributed by atoms with E-state index < -0.39 is 6.10 Å². The first kappa shape index (κ1) is 12.8. The van der Waals surface area contributed by atoms with Gasteiger partial charge in [0.1, 0.15) is 11.9 Å². The van der Waals surface area contributed by atoms with Crippen molar-refractivity contribution in [2.75, 3.05) is 0 Å². The number of halogens is 3. The molecule has 1 atom stereocenters. The first-order chi connectivity index (χ1) is 7.56. The Labute approximate surface area is 122 Å². The number of aliphatic hydroxyl groups is 1. The Balaban J connectivity index is 2.11. The van der Waals surface area contributed by atoms with Gasteiger partial charge in [-0.1, -0.05) is 0 Å². The third-order valence-electron chi connectivity index (χ3n) is 2.02. The molecule has 0 aromatic carbocycles. The molecule has 0 amide bonds. The lowest BCUT2D eigenvalue weighted by atomic mass is 10.2. The van der Waals surface area contributed by atoms with E-state index in [0.717, 1.165) is 13.1 Å². The molecule has 6 heteroatoms. The maximum Gasteiger partial charge on any atom is 0.183 e. The third-order valence-corrected chi connectivity index (χ3v) is 5.37. The zero-order chi connectivity index (χ0) is 11.7. The second-order valence-electron chi connectivity index (χ2n) is 3.20. The molecule has 0 saturated carbocycles. The van der Waals surface area contributed by atoms with Crippen molar-refractivity contribution in [2.45, 2.75) is 12.5 Å². The number of rotatable bonds is 3. The predicted molar refractivity (Wildman–Crippen MR) is 74.8 cm³/mol. The highest BCUT2D eigenvalue weighted by Gasteiger charge is 2.16. The zero-order valence-corrected chi connectivity index (χ0v) is 13.5. The van der Waals surface area contributed by atoms with Crippen molar-refractivity contribution in [1.29, 1.82) is 0 Å². The molecule has 0 spiro atoms. The van der Waals surface area contributed by atoms with Gasteiger partial charge in [0.25, 0.3) is 0 Å². The molecule has 2 aromatic rings. The summed E-state index contributed by atoms with van der Waals surface area (Å²) >= 11 is 11.6. The van der Waals surface area contributed by atoms with Crippen LogP contribution < -0.4 is 0 Å². The summed E-state index contributed by atoms with van der Waals surface area (Å²) in [6.07, 6.45) is -0.0593. The van der Waals surface area contributed by atoms with Crippen LogP contribution in [0.1, 0.15) is 16.7 Å². The fourth-order valence-electron chi connectivity index (χ4n) is 1.28. The minimum Gasteiger partial charge on any atom is -0.450 e. The van der Waals surface area contributed by atoms with Gasteiger partial charge in [0.05, 0.1) is 8.26 Å². The Kier molecular flexibility index (Phi) is 4.29. The maximum absolute atomic E-state index is 9.98. The average Bonchev–Trinajstić information content (AvgIpc) is 2.75. The molecule has 2 nitrogen and oxygen atoms in total. The van der Waals surface area contributed by atoms with Crippen molar-refractivity contribution >= 4 is 59.1 Å². The summed E-state index contributed by atoms with van der Waals surface area (Å²) in [7, 11) is 0. The fourth-order valence-corrected chi connectivity index (χ4v) is 3.41. The Morgan fingerprint density at radius 2 is 2.06 bits per heavy atom. The van der Waals surface area contributed by atoms with Crippen LogP contribution in [0.15, 0.2) is 35.5 Å². The molecule has 0 fully saturated rings. The van der Waals surface area contributed by atoms with Crippen molar-refractivity contribution in [2.24, 2.45) is 0 Å². The van der Waals surface area contributed by atoms with E-state index in [4.69, 9.17) is 4.42 Å². The molecule has 0 aliphatic rings. The van der Waals surface area contributed by atoms with E-state index in [2.05, 4.69) is 47.8 Å². The molecule has 0 saturated heterocycles. The smallest absolute Gasteiger partial charge is 0.183 e. The molecule has 1 N–H and O–H groups in total. The summed E-state index contributed by atoms with van der Waals surface area (Å²) in [5.74, 6) is 0.559.